The fourth-order valence-electron chi connectivity index (χ4n) is 3.28. The summed E-state index contributed by atoms with van der Waals surface area (Å²) in [4.78, 5) is 18.9. The maximum atomic E-state index is 12.9. The number of benzene rings is 2. The number of halogens is 1. The second-order valence-corrected chi connectivity index (χ2v) is 6.97. The van der Waals surface area contributed by atoms with Crippen LogP contribution >= 0.6 is 11.6 Å². The number of aromatic nitrogens is 1. The van der Waals surface area contributed by atoms with Gasteiger partial charge in [0.05, 0.1) is 0 Å². The Hall–Kier alpha value is -2.85. The van der Waals surface area contributed by atoms with Crippen LogP contribution in [0.3, 0.4) is 0 Å². The number of carbonyl (C=O) groups is 1. The van der Waals surface area contributed by atoms with Crippen LogP contribution in [0.15, 0.2) is 67.0 Å². The molecule has 5 heteroatoms. The van der Waals surface area contributed by atoms with E-state index in [0.29, 0.717) is 24.7 Å². The molecule has 0 saturated heterocycles. The number of hydrogen-bond donors (Lipinski definition) is 0. The summed E-state index contributed by atoms with van der Waals surface area (Å²) < 4.78 is 6.01. The van der Waals surface area contributed by atoms with E-state index in [-0.39, 0.29) is 5.91 Å². The van der Waals surface area contributed by atoms with Crippen molar-refractivity contribution in [1.82, 2.24) is 9.88 Å². The van der Waals surface area contributed by atoms with Crippen molar-refractivity contribution < 1.29 is 9.53 Å². The molecule has 0 bridgehead atoms. The van der Waals surface area contributed by atoms with Crippen LogP contribution in [-0.2, 0) is 19.6 Å². The first-order chi connectivity index (χ1) is 13.2. The van der Waals surface area contributed by atoms with Crippen LogP contribution in [0.25, 0.3) is 0 Å². The van der Waals surface area contributed by atoms with E-state index >= 15 is 0 Å². The van der Waals surface area contributed by atoms with Crippen molar-refractivity contribution in [3.05, 3.63) is 94.3 Å². The smallest absolute Gasteiger partial charge is 0.254 e. The zero-order valence-electron chi connectivity index (χ0n) is 14.8. The van der Waals surface area contributed by atoms with Crippen molar-refractivity contribution in [3.8, 4) is 5.75 Å². The minimum Gasteiger partial charge on any atom is -0.489 e. The highest BCUT2D eigenvalue weighted by molar-refractivity contribution is 6.30. The van der Waals surface area contributed by atoms with Crippen molar-refractivity contribution >= 4 is 17.5 Å². The predicted octanol–water partition coefficient (Wildman–Crippen LogP) is 4.51. The van der Waals surface area contributed by atoms with Crippen molar-refractivity contribution in [1.29, 1.82) is 0 Å². The third-order valence-electron chi connectivity index (χ3n) is 4.69. The Labute approximate surface area is 163 Å². The second-order valence-electron chi connectivity index (χ2n) is 6.54. The minimum absolute atomic E-state index is 0.0389. The number of fused-ring (bicyclic) bond motifs is 1. The molecule has 1 aromatic heterocycles. The molecular weight excluding hydrogens is 360 g/mol. The fourth-order valence-corrected chi connectivity index (χ4v) is 3.41. The monoisotopic (exact) mass is 378 g/mol. The van der Waals surface area contributed by atoms with E-state index in [0.717, 1.165) is 34.4 Å². The molecule has 1 aliphatic heterocycles. The lowest BCUT2D eigenvalue weighted by Crippen LogP contribution is -2.37. The maximum absolute atomic E-state index is 12.9. The first-order valence-electron chi connectivity index (χ1n) is 8.88. The molecule has 4 rings (SSSR count). The molecule has 27 heavy (non-hydrogen) atoms. The number of nitrogens with zero attached hydrogens (tertiary/aromatic N) is 2. The van der Waals surface area contributed by atoms with E-state index in [9.17, 15) is 4.79 Å². The lowest BCUT2D eigenvalue weighted by atomic mass is 9.97. The highest BCUT2D eigenvalue weighted by atomic mass is 35.5. The quantitative estimate of drug-likeness (QED) is 0.655. The van der Waals surface area contributed by atoms with Gasteiger partial charge in [0, 0.05) is 41.6 Å². The first-order valence-corrected chi connectivity index (χ1v) is 9.26. The minimum atomic E-state index is 0.0389. The topological polar surface area (TPSA) is 42.4 Å². The Bertz CT molecular complexity index is 942. The standard InChI is InChI=1S/C22H19ClN2O2/c23-18-8-6-16(7-9-18)15-27-21-5-1-4-20-19(21)10-12-25(22(20)26)14-17-3-2-11-24-13-17/h1-9,11,13H,10,12,14-15H2. The van der Waals surface area contributed by atoms with Crippen LogP contribution in [0.2, 0.25) is 5.02 Å². The summed E-state index contributed by atoms with van der Waals surface area (Å²) in [5.74, 6) is 0.814. The maximum Gasteiger partial charge on any atom is 0.254 e. The molecule has 0 aliphatic carbocycles. The van der Waals surface area contributed by atoms with Crippen molar-refractivity contribution in [2.24, 2.45) is 0 Å². The van der Waals surface area contributed by atoms with E-state index in [1.54, 1.807) is 12.4 Å². The van der Waals surface area contributed by atoms with E-state index in [4.69, 9.17) is 16.3 Å². The normalized spacial score (nSPS) is 13.4. The molecule has 3 aromatic rings. The lowest BCUT2D eigenvalue weighted by molar-refractivity contribution is 0.0725. The van der Waals surface area contributed by atoms with Gasteiger partial charge in [-0.25, -0.2) is 0 Å². The van der Waals surface area contributed by atoms with Crippen molar-refractivity contribution in [2.45, 2.75) is 19.6 Å². The first kappa shape index (κ1) is 17.6. The summed E-state index contributed by atoms with van der Waals surface area (Å²) >= 11 is 5.92. The van der Waals surface area contributed by atoms with Gasteiger partial charge in [0.1, 0.15) is 12.4 Å². The van der Waals surface area contributed by atoms with Crippen LogP contribution in [-0.4, -0.2) is 22.3 Å². The number of rotatable bonds is 5. The van der Waals surface area contributed by atoms with Crippen LogP contribution in [0.1, 0.15) is 27.0 Å². The van der Waals surface area contributed by atoms with Gasteiger partial charge < -0.3 is 9.64 Å². The highest BCUT2D eigenvalue weighted by Gasteiger charge is 2.26. The Balaban J connectivity index is 1.50. The Morgan fingerprint density at radius 3 is 2.67 bits per heavy atom. The van der Waals surface area contributed by atoms with Gasteiger partial charge in [-0.1, -0.05) is 35.9 Å². The zero-order chi connectivity index (χ0) is 18.6. The number of pyridine rings is 1. The third-order valence-corrected chi connectivity index (χ3v) is 4.94. The SMILES string of the molecule is O=C1c2cccc(OCc3ccc(Cl)cc3)c2CCN1Cc1cccnc1. The molecule has 0 radical (unpaired) electrons. The van der Waals surface area contributed by atoms with Gasteiger partial charge in [0.25, 0.3) is 5.91 Å². The van der Waals surface area contributed by atoms with Gasteiger partial charge >= 0.3 is 0 Å². The molecule has 0 atom stereocenters. The molecule has 0 spiro atoms. The number of ether oxygens (including phenoxy) is 1. The van der Waals surface area contributed by atoms with Crippen LogP contribution in [0.5, 0.6) is 5.75 Å². The zero-order valence-corrected chi connectivity index (χ0v) is 15.5. The fraction of sp³-hybridized carbons (Fsp3) is 0.182. The highest BCUT2D eigenvalue weighted by Crippen LogP contribution is 2.29. The Morgan fingerprint density at radius 1 is 1.04 bits per heavy atom. The average Bonchev–Trinajstić information content (AvgIpc) is 2.70. The van der Waals surface area contributed by atoms with Gasteiger partial charge in [-0.15, -0.1) is 0 Å². The van der Waals surface area contributed by atoms with Gasteiger partial charge in [0.15, 0.2) is 0 Å². The average molecular weight is 379 g/mol. The molecule has 4 nitrogen and oxygen atoms in total. The van der Waals surface area contributed by atoms with Gasteiger partial charge in [-0.2, -0.15) is 0 Å². The van der Waals surface area contributed by atoms with Gasteiger partial charge in [-0.05, 0) is 47.9 Å². The molecule has 1 amide bonds. The number of hydrogen-bond acceptors (Lipinski definition) is 3. The van der Waals surface area contributed by atoms with Crippen molar-refractivity contribution in [3.63, 3.8) is 0 Å². The van der Waals surface area contributed by atoms with Gasteiger partial charge in [0.2, 0.25) is 0 Å². The van der Waals surface area contributed by atoms with E-state index < -0.39 is 0 Å². The molecular formula is C22H19ClN2O2. The third kappa shape index (κ3) is 3.96. The molecule has 136 valence electrons. The summed E-state index contributed by atoms with van der Waals surface area (Å²) in [5, 5.41) is 0.704. The second kappa shape index (κ2) is 7.80. The molecule has 0 fully saturated rings. The van der Waals surface area contributed by atoms with Crippen LogP contribution in [0, 0.1) is 0 Å². The van der Waals surface area contributed by atoms with Crippen molar-refractivity contribution in [2.75, 3.05) is 6.54 Å². The van der Waals surface area contributed by atoms with Crippen LogP contribution < -0.4 is 4.74 Å². The summed E-state index contributed by atoms with van der Waals surface area (Å²) in [6, 6.07) is 17.1. The molecule has 0 saturated carbocycles. The van der Waals surface area contributed by atoms with E-state index in [2.05, 4.69) is 4.98 Å². The van der Waals surface area contributed by atoms with Crippen LogP contribution in [0.4, 0.5) is 0 Å². The Morgan fingerprint density at radius 2 is 1.89 bits per heavy atom. The van der Waals surface area contributed by atoms with E-state index in [1.807, 2.05) is 59.5 Å². The van der Waals surface area contributed by atoms with Gasteiger partial charge in [-0.3, -0.25) is 9.78 Å². The number of carbonyl (C=O) groups excluding carboxylic acids is 1. The van der Waals surface area contributed by atoms with E-state index in [1.165, 1.54) is 0 Å². The molecule has 0 unspecified atom stereocenters. The summed E-state index contributed by atoms with van der Waals surface area (Å²) in [6.45, 7) is 1.69. The molecule has 2 aromatic carbocycles. The summed E-state index contributed by atoms with van der Waals surface area (Å²) in [5.41, 5.74) is 3.78. The Kier molecular flexibility index (Phi) is 5.07. The largest absolute Gasteiger partial charge is 0.489 e. The molecule has 0 N–H and O–H groups in total. The summed E-state index contributed by atoms with van der Waals surface area (Å²) in [7, 11) is 0. The number of amides is 1. The predicted molar refractivity (Wildman–Crippen MR) is 105 cm³/mol. The molecule has 2 heterocycles. The molecule has 1 aliphatic rings. The summed E-state index contributed by atoms with van der Waals surface area (Å²) in [6.07, 6.45) is 4.31. The lowest BCUT2D eigenvalue weighted by Gasteiger charge is -2.29.